The molecular formula is C27H29N9O5S. The summed E-state index contributed by atoms with van der Waals surface area (Å²) in [5, 5.41) is 12.2. The number of anilines is 2. The van der Waals surface area contributed by atoms with Gasteiger partial charge in [-0.2, -0.15) is 0 Å². The first-order valence-corrected chi connectivity index (χ1v) is 14.7. The molecule has 2 atom stereocenters. The van der Waals surface area contributed by atoms with Gasteiger partial charge in [-0.05, 0) is 12.8 Å². The number of carbonyl (C=O) groups is 1. The third kappa shape index (κ3) is 4.78. The Morgan fingerprint density at radius 2 is 2.02 bits per heavy atom. The first-order chi connectivity index (χ1) is 20.5. The van der Waals surface area contributed by atoms with Gasteiger partial charge in [-0.3, -0.25) is 14.0 Å². The molecule has 5 aromatic heterocycles. The lowest BCUT2D eigenvalue weighted by Crippen LogP contribution is -2.43. The fourth-order valence-corrected chi connectivity index (χ4v) is 6.53. The monoisotopic (exact) mass is 591 g/mol. The van der Waals surface area contributed by atoms with Crippen molar-refractivity contribution in [3.8, 4) is 10.6 Å². The lowest BCUT2D eigenvalue weighted by atomic mass is 9.91. The summed E-state index contributed by atoms with van der Waals surface area (Å²) in [4.78, 5) is 37.6. The van der Waals surface area contributed by atoms with Crippen LogP contribution in [0.1, 0.15) is 46.6 Å². The fourth-order valence-electron chi connectivity index (χ4n) is 5.61. The van der Waals surface area contributed by atoms with Crippen LogP contribution in [0.25, 0.3) is 27.4 Å². The zero-order valence-corrected chi connectivity index (χ0v) is 23.4. The van der Waals surface area contributed by atoms with Crippen LogP contribution in [0, 0.1) is 0 Å². The second-order valence-corrected chi connectivity index (χ2v) is 11.6. The van der Waals surface area contributed by atoms with Crippen LogP contribution in [0.15, 0.2) is 38.5 Å². The maximum absolute atomic E-state index is 12.8. The first-order valence-electron chi connectivity index (χ1n) is 13.8. The molecule has 0 spiro atoms. The number of rotatable bonds is 7. The van der Waals surface area contributed by atoms with Gasteiger partial charge < -0.3 is 35.3 Å². The van der Waals surface area contributed by atoms with Crippen LogP contribution in [0.5, 0.6) is 0 Å². The van der Waals surface area contributed by atoms with Crippen molar-refractivity contribution in [2.24, 2.45) is 11.5 Å². The van der Waals surface area contributed by atoms with Gasteiger partial charge in [0.05, 0.1) is 30.5 Å². The van der Waals surface area contributed by atoms with Gasteiger partial charge in [0.25, 0.3) is 5.91 Å². The van der Waals surface area contributed by atoms with Gasteiger partial charge in [-0.15, -0.1) is 21.5 Å². The van der Waals surface area contributed by atoms with Crippen molar-refractivity contribution in [2.45, 2.75) is 44.2 Å². The third-order valence-corrected chi connectivity index (χ3v) is 8.82. The summed E-state index contributed by atoms with van der Waals surface area (Å²) < 4.78 is 18.8. The number of fused-ring (bicyclic) bond motifs is 2. The molecule has 6 heterocycles. The normalized spacial score (nSPS) is 19.5. The van der Waals surface area contributed by atoms with Crippen molar-refractivity contribution < 1.29 is 18.4 Å². The van der Waals surface area contributed by atoms with E-state index in [4.69, 9.17) is 30.0 Å². The molecule has 0 radical (unpaired) electrons. The number of thiazole rings is 1. The maximum Gasteiger partial charge on any atom is 0.254 e. The Bertz CT molecular complexity index is 1840. The second-order valence-electron chi connectivity index (χ2n) is 10.5. The largest absolute Gasteiger partial charge is 0.456 e. The molecule has 1 saturated heterocycles. The van der Waals surface area contributed by atoms with E-state index in [0.717, 1.165) is 30.6 Å². The van der Waals surface area contributed by atoms with Gasteiger partial charge in [0.1, 0.15) is 23.2 Å². The number of hydrogen-bond acceptors (Lipinski definition) is 13. The smallest absolute Gasteiger partial charge is 0.254 e. The minimum atomic E-state index is -0.653. The molecule has 5 aromatic rings. The Balaban J connectivity index is 1.23. The van der Waals surface area contributed by atoms with Crippen molar-refractivity contribution in [2.75, 3.05) is 36.5 Å². The summed E-state index contributed by atoms with van der Waals surface area (Å²) in [6.07, 6.45) is 8.96. The van der Waals surface area contributed by atoms with Crippen molar-refractivity contribution in [1.82, 2.24) is 24.6 Å². The Morgan fingerprint density at radius 1 is 1.19 bits per heavy atom. The molecule has 7 rings (SSSR count). The molecule has 0 unspecified atom stereocenters. The Morgan fingerprint density at radius 3 is 2.83 bits per heavy atom. The molecule has 0 bridgehead atoms. The summed E-state index contributed by atoms with van der Waals surface area (Å²) >= 11 is 1.38. The third-order valence-electron chi connectivity index (χ3n) is 7.79. The number of amides is 1. The molecule has 1 saturated carbocycles. The highest BCUT2D eigenvalue weighted by Gasteiger charge is 2.27. The highest BCUT2D eigenvalue weighted by molar-refractivity contribution is 7.15. The number of nitrogens with one attached hydrogen (secondary N) is 1. The summed E-state index contributed by atoms with van der Waals surface area (Å²) in [5.41, 5.74) is 13.9. The van der Waals surface area contributed by atoms with Crippen LogP contribution in [0.4, 0.5) is 11.8 Å². The minimum absolute atomic E-state index is 0.0102. The predicted octanol–water partition coefficient (Wildman–Crippen LogP) is 2.16. The van der Waals surface area contributed by atoms with E-state index in [0.29, 0.717) is 65.6 Å². The van der Waals surface area contributed by atoms with Crippen molar-refractivity contribution in [3.63, 3.8) is 0 Å². The minimum Gasteiger partial charge on any atom is -0.456 e. The summed E-state index contributed by atoms with van der Waals surface area (Å²) in [5.74, 6) is 0.310. The zero-order valence-electron chi connectivity index (χ0n) is 22.6. The van der Waals surface area contributed by atoms with Crippen LogP contribution in [0.2, 0.25) is 0 Å². The van der Waals surface area contributed by atoms with E-state index in [-0.39, 0.29) is 35.1 Å². The van der Waals surface area contributed by atoms with E-state index in [2.05, 4.69) is 20.5 Å². The zero-order chi connectivity index (χ0) is 28.8. The number of morpholine rings is 1. The number of ether oxygens (including phenoxy) is 1. The molecule has 5 N–H and O–H groups in total. The van der Waals surface area contributed by atoms with Crippen LogP contribution in [0.3, 0.4) is 0 Å². The second kappa shape index (κ2) is 10.8. The number of primary amides is 1. The SMILES string of the molecule is NC(=O)c1c(Cc2cnc(-c3coc4c(=O)cc(N5CCOCC5)oc34)s2)nc(N[C@H]2CCCC[C@H]2N)n2cnnc12. The molecule has 1 aliphatic carbocycles. The highest BCUT2D eigenvalue weighted by Crippen LogP contribution is 2.35. The van der Waals surface area contributed by atoms with Gasteiger partial charge in [0.2, 0.25) is 17.0 Å². The molecular weight excluding hydrogens is 562 g/mol. The molecule has 2 fully saturated rings. The lowest BCUT2D eigenvalue weighted by Gasteiger charge is -2.30. The van der Waals surface area contributed by atoms with Gasteiger partial charge in [0.15, 0.2) is 17.1 Å². The van der Waals surface area contributed by atoms with Crippen LogP contribution in [-0.2, 0) is 11.2 Å². The summed E-state index contributed by atoms with van der Waals surface area (Å²) in [6, 6.07) is 1.46. The van der Waals surface area contributed by atoms with Crippen molar-refractivity contribution in [3.05, 3.63) is 51.2 Å². The van der Waals surface area contributed by atoms with Crippen LogP contribution in [-0.4, -0.2) is 68.9 Å². The van der Waals surface area contributed by atoms with Gasteiger partial charge in [-0.1, -0.05) is 12.8 Å². The molecule has 15 heteroatoms. The Labute approximate surface area is 242 Å². The molecule has 0 aromatic carbocycles. The number of nitrogens with zero attached hydrogens (tertiary/aromatic N) is 6. The summed E-state index contributed by atoms with van der Waals surface area (Å²) in [6.45, 7) is 2.36. The first kappa shape index (κ1) is 26.6. The van der Waals surface area contributed by atoms with Crippen LogP contribution < -0.4 is 27.1 Å². The number of hydrogen-bond donors (Lipinski definition) is 3. The Kier molecular flexibility index (Phi) is 6.84. The van der Waals surface area contributed by atoms with Crippen molar-refractivity contribution in [1.29, 1.82) is 0 Å². The maximum atomic E-state index is 12.8. The molecule has 1 amide bonds. The van der Waals surface area contributed by atoms with E-state index in [1.165, 1.54) is 30.0 Å². The topological polar surface area (TPSA) is 193 Å². The van der Waals surface area contributed by atoms with Gasteiger partial charge in [-0.25, -0.2) is 9.97 Å². The molecule has 1 aliphatic heterocycles. The van der Waals surface area contributed by atoms with E-state index in [1.54, 1.807) is 10.6 Å². The van der Waals surface area contributed by atoms with E-state index in [9.17, 15) is 9.59 Å². The average Bonchev–Trinajstić information content (AvgIpc) is 3.75. The number of furan rings is 1. The van der Waals surface area contributed by atoms with E-state index in [1.807, 2.05) is 4.90 Å². The molecule has 218 valence electrons. The van der Waals surface area contributed by atoms with Crippen molar-refractivity contribution >= 4 is 45.9 Å². The van der Waals surface area contributed by atoms with Crippen LogP contribution >= 0.6 is 11.3 Å². The highest BCUT2D eigenvalue weighted by atomic mass is 32.1. The number of carbonyl (C=O) groups excluding carboxylic acids is 1. The van der Waals surface area contributed by atoms with Gasteiger partial charge >= 0.3 is 0 Å². The summed E-state index contributed by atoms with van der Waals surface area (Å²) in [7, 11) is 0. The Hall–Kier alpha value is -4.34. The number of aromatic nitrogens is 5. The average molecular weight is 592 g/mol. The fraction of sp³-hybridized carbons (Fsp3) is 0.407. The number of nitrogens with two attached hydrogens (primary N) is 2. The standard InChI is InChI=1S/C27H29N9O5S/c28-16-3-1-2-4-17(16)32-27-33-18(21(24(29)38)25-34-31-13-36(25)27)9-14-11-30-26(42-14)15-12-40-23-19(37)10-20(41-22(15)23)35-5-7-39-8-6-35/h10-13,16-17H,1-9,28H2,(H2,29,38)(H,32,33)/t16-,17+/m1/s1. The molecule has 2 aliphatic rings. The van der Waals surface area contributed by atoms with Gasteiger partial charge in [0, 0.05) is 42.7 Å². The molecule has 42 heavy (non-hydrogen) atoms. The predicted molar refractivity (Wildman–Crippen MR) is 155 cm³/mol. The van der Waals surface area contributed by atoms with E-state index >= 15 is 0 Å². The quantitative estimate of drug-likeness (QED) is 0.250. The van der Waals surface area contributed by atoms with E-state index < -0.39 is 5.91 Å². The lowest BCUT2D eigenvalue weighted by molar-refractivity contribution is 0.1000. The molecule has 14 nitrogen and oxygen atoms in total.